The standard InChI is InChI=1S/C20H22N4OS/c1-2-10-21-19(25)16-9-6-11-24(16)18-15-12-17(14-7-4-3-5-8-14)26-20(15)23-13-22-18/h3-5,7-8,12-13,16H,2,6,9-11H2,1H3,(H,21,25)/t16-/m1/s1. The van der Waals surface area contributed by atoms with Crippen LogP contribution >= 0.6 is 11.3 Å². The van der Waals surface area contributed by atoms with Crippen molar-refractivity contribution >= 4 is 33.3 Å². The van der Waals surface area contributed by atoms with Crippen LogP contribution in [-0.4, -0.2) is 35.0 Å². The molecular weight excluding hydrogens is 344 g/mol. The Hall–Kier alpha value is -2.47. The maximum absolute atomic E-state index is 12.6. The van der Waals surface area contributed by atoms with Gasteiger partial charge in [0.15, 0.2) is 0 Å². The number of fused-ring (bicyclic) bond motifs is 1. The van der Waals surface area contributed by atoms with Gasteiger partial charge >= 0.3 is 0 Å². The molecule has 1 aliphatic heterocycles. The summed E-state index contributed by atoms with van der Waals surface area (Å²) in [7, 11) is 0. The number of thiophene rings is 1. The van der Waals surface area contributed by atoms with Gasteiger partial charge < -0.3 is 10.2 Å². The molecule has 3 heterocycles. The van der Waals surface area contributed by atoms with E-state index in [2.05, 4.69) is 45.3 Å². The largest absolute Gasteiger partial charge is 0.354 e. The fourth-order valence-corrected chi connectivity index (χ4v) is 4.47. The normalized spacial score (nSPS) is 17.0. The molecule has 1 fully saturated rings. The van der Waals surface area contributed by atoms with Gasteiger partial charge in [-0.15, -0.1) is 11.3 Å². The Balaban J connectivity index is 1.70. The Morgan fingerprint density at radius 2 is 2.15 bits per heavy atom. The maximum Gasteiger partial charge on any atom is 0.242 e. The number of anilines is 1. The van der Waals surface area contributed by atoms with Crippen molar-refractivity contribution < 1.29 is 4.79 Å². The third kappa shape index (κ3) is 3.17. The highest BCUT2D eigenvalue weighted by molar-refractivity contribution is 7.21. The quantitative estimate of drug-likeness (QED) is 0.745. The lowest BCUT2D eigenvalue weighted by Gasteiger charge is -2.25. The number of hydrogen-bond acceptors (Lipinski definition) is 5. The Morgan fingerprint density at radius 1 is 1.31 bits per heavy atom. The Labute approximate surface area is 157 Å². The third-order valence-corrected chi connectivity index (χ3v) is 5.84. The van der Waals surface area contributed by atoms with Crippen molar-refractivity contribution in [1.82, 2.24) is 15.3 Å². The molecule has 1 N–H and O–H groups in total. The van der Waals surface area contributed by atoms with E-state index in [1.165, 1.54) is 10.4 Å². The second kappa shape index (κ2) is 7.41. The Bertz CT molecular complexity index is 909. The summed E-state index contributed by atoms with van der Waals surface area (Å²) in [6.45, 7) is 3.64. The SMILES string of the molecule is CCCNC(=O)[C@H]1CCCN1c1ncnc2sc(-c3ccccc3)cc12. The van der Waals surface area contributed by atoms with E-state index in [1.807, 2.05) is 18.2 Å². The first-order valence-corrected chi connectivity index (χ1v) is 9.94. The summed E-state index contributed by atoms with van der Waals surface area (Å²) in [5.41, 5.74) is 1.18. The molecule has 6 heteroatoms. The maximum atomic E-state index is 12.6. The highest BCUT2D eigenvalue weighted by Crippen LogP contribution is 2.37. The van der Waals surface area contributed by atoms with Gasteiger partial charge in [0.2, 0.25) is 5.91 Å². The molecule has 1 saturated heterocycles. The fraction of sp³-hybridized carbons (Fsp3) is 0.350. The lowest BCUT2D eigenvalue weighted by atomic mass is 10.1. The van der Waals surface area contributed by atoms with Crippen LogP contribution in [0.4, 0.5) is 5.82 Å². The summed E-state index contributed by atoms with van der Waals surface area (Å²) in [4.78, 5) is 25.9. The summed E-state index contributed by atoms with van der Waals surface area (Å²) >= 11 is 1.67. The Kier molecular flexibility index (Phi) is 4.84. The van der Waals surface area contributed by atoms with Crippen LogP contribution in [0.3, 0.4) is 0 Å². The molecule has 4 rings (SSSR count). The van der Waals surface area contributed by atoms with Crippen LogP contribution in [0.2, 0.25) is 0 Å². The van der Waals surface area contributed by atoms with Crippen molar-refractivity contribution in [3.63, 3.8) is 0 Å². The summed E-state index contributed by atoms with van der Waals surface area (Å²) < 4.78 is 0. The van der Waals surface area contributed by atoms with Gasteiger partial charge in [-0.2, -0.15) is 0 Å². The van der Waals surface area contributed by atoms with Crippen molar-refractivity contribution in [2.45, 2.75) is 32.2 Å². The third-order valence-electron chi connectivity index (χ3n) is 4.74. The molecule has 0 aliphatic carbocycles. The molecule has 0 bridgehead atoms. The van der Waals surface area contributed by atoms with Crippen LogP contribution in [0.5, 0.6) is 0 Å². The zero-order valence-electron chi connectivity index (χ0n) is 14.8. The molecule has 0 unspecified atom stereocenters. The summed E-state index contributed by atoms with van der Waals surface area (Å²) in [5.74, 6) is 0.984. The van der Waals surface area contributed by atoms with E-state index in [0.29, 0.717) is 0 Å². The predicted octanol–water partition coefficient (Wildman–Crippen LogP) is 3.85. The van der Waals surface area contributed by atoms with Gasteiger partial charge in [0.25, 0.3) is 0 Å². The summed E-state index contributed by atoms with van der Waals surface area (Å²) in [5, 5.41) is 4.07. The van der Waals surface area contributed by atoms with E-state index in [4.69, 9.17) is 0 Å². The van der Waals surface area contributed by atoms with Gasteiger partial charge in [-0.3, -0.25) is 4.79 Å². The lowest BCUT2D eigenvalue weighted by molar-refractivity contribution is -0.122. The van der Waals surface area contributed by atoms with Crippen molar-refractivity contribution in [3.05, 3.63) is 42.7 Å². The van der Waals surface area contributed by atoms with Crippen molar-refractivity contribution in [2.75, 3.05) is 18.0 Å². The monoisotopic (exact) mass is 366 g/mol. The van der Waals surface area contributed by atoms with E-state index >= 15 is 0 Å². The Morgan fingerprint density at radius 3 is 2.96 bits per heavy atom. The van der Waals surface area contributed by atoms with Crippen LogP contribution < -0.4 is 10.2 Å². The molecule has 1 aromatic carbocycles. The van der Waals surface area contributed by atoms with Crippen LogP contribution in [0, 0.1) is 0 Å². The van der Waals surface area contributed by atoms with E-state index < -0.39 is 0 Å². The van der Waals surface area contributed by atoms with E-state index in [0.717, 1.165) is 48.4 Å². The molecule has 0 radical (unpaired) electrons. The van der Waals surface area contributed by atoms with E-state index in [1.54, 1.807) is 17.7 Å². The van der Waals surface area contributed by atoms with E-state index in [-0.39, 0.29) is 11.9 Å². The minimum Gasteiger partial charge on any atom is -0.354 e. The summed E-state index contributed by atoms with van der Waals surface area (Å²) in [6.07, 6.45) is 4.44. The minimum atomic E-state index is -0.139. The van der Waals surface area contributed by atoms with Crippen LogP contribution in [-0.2, 0) is 4.79 Å². The van der Waals surface area contributed by atoms with Gasteiger partial charge in [0.1, 0.15) is 23.0 Å². The molecule has 134 valence electrons. The first-order chi connectivity index (χ1) is 12.8. The lowest BCUT2D eigenvalue weighted by Crippen LogP contribution is -2.44. The van der Waals surface area contributed by atoms with Crippen LogP contribution in [0.25, 0.3) is 20.7 Å². The van der Waals surface area contributed by atoms with Crippen molar-refractivity contribution in [3.8, 4) is 10.4 Å². The van der Waals surface area contributed by atoms with Crippen LogP contribution in [0.1, 0.15) is 26.2 Å². The fourth-order valence-electron chi connectivity index (χ4n) is 3.48. The topological polar surface area (TPSA) is 58.1 Å². The second-order valence-electron chi connectivity index (χ2n) is 6.54. The smallest absolute Gasteiger partial charge is 0.242 e. The zero-order valence-corrected chi connectivity index (χ0v) is 15.6. The molecular formula is C20H22N4OS. The molecule has 0 spiro atoms. The van der Waals surface area contributed by atoms with Crippen molar-refractivity contribution in [1.29, 1.82) is 0 Å². The number of carbonyl (C=O) groups is 1. The molecule has 3 aromatic rings. The number of benzene rings is 1. The molecule has 2 aromatic heterocycles. The van der Waals surface area contributed by atoms with E-state index in [9.17, 15) is 4.79 Å². The van der Waals surface area contributed by atoms with Gasteiger partial charge in [0, 0.05) is 18.0 Å². The molecule has 1 atom stereocenters. The number of rotatable bonds is 5. The van der Waals surface area contributed by atoms with Gasteiger partial charge in [-0.1, -0.05) is 37.3 Å². The second-order valence-corrected chi connectivity index (χ2v) is 7.57. The van der Waals surface area contributed by atoms with Crippen LogP contribution in [0.15, 0.2) is 42.7 Å². The molecule has 26 heavy (non-hydrogen) atoms. The average Bonchev–Trinajstić information content (AvgIpc) is 3.33. The molecule has 5 nitrogen and oxygen atoms in total. The highest BCUT2D eigenvalue weighted by atomic mass is 32.1. The predicted molar refractivity (Wildman–Crippen MR) is 107 cm³/mol. The zero-order chi connectivity index (χ0) is 17.9. The molecule has 1 aliphatic rings. The number of hydrogen-bond donors (Lipinski definition) is 1. The first-order valence-electron chi connectivity index (χ1n) is 9.12. The molecule has 0 saturated carbocycles. The minimum absolute atomic E-state index is 0.106. The van der Waals surface area contributed by atoms with Crippen molar-refractivity contribution in [2.24, 2.45) is 0 Å². The van der Waals surface area contributed by atoms with Gasteiger partial charge in [0.05, 0.1) is 5.39 Å². The summed E-state index contributed by atoms with van der Waals surface area (Å²) in [6, 6.07) is 12.3. The number of nitrogens with one attached hydrogen (secondary N) is 1. The number of aromatic nitrogens is 2. The number of carbonyl (C=O) groups excluding carboxylic acids is 1. The number of nitrogens with zero attached hydrogens (tertiary/aromatic N) is 3. The highest BCUT2D eigenvalue weighted by Gasteiger charge is 2.32. The van der Waals surface area contributed by atoms with Gasteiger partial charge in [-0.05, 0) is 30.9 Å². The number of amides is 1. The first kappa shape index (κ1) is 17.0. The molecule has 1 amide bonds. The van der Waals surface area contributed by atoms with Gasteiger partial charge in [-0.25, -0.2) is 9.97 Å². The average molecular weight is 366 g/mol.